The van der Waals surface area contributed by atoms with Gasteiger partial charge in [-0.25, -0.2) is 9.59 Å². The van der Waals surface area contributed by atoms with E-state index in [1.807, 2.05) is 0 Å². The number of benzene rings is 2. The van der Waals surface area contributed by atoms with Gasteiger partial charge < -0.3 is 18.6 Å². The zero-order valence-electron chi connectivity index (χ0n) is 10.7. The lowest BCUT2D eigenvalue weighted by molar-refractivity contribution is 0.0686. The summed E-state index contributed by atoms with van der Waals surface area (Å²) in [6.07, 6.45) is 0. The molecule has 21 heavy (non-hydrogen) atoms. The molecule has 0 fully saturated rings. The van der Waals surface area contributed by atoms with Gasteiger partial charge in [-0.3, -0.25) is 0 Å². The quantitative estimate of drug-likeness (QED) is 0.650. The number of thiol groups is 1. The van der Waals surface area contributed by atoms with Crippen LogP contribution in [0.5, 0.6) is 0 Å². The van der Waals surface area contributed by atoms with Gasteiger partial charge >= 0.3 is 11.9 Å². The van der Waals surface area contributed by atoms with Crippen molar-refractivity contribution in [2.24, 2.45) is 0 Å². The molecule has 0 unspecified atom stereocenters. The molecule has 0 heterocycles. The van der Waals surface area contributed by atoms with Crippen molar-refractivity contribution in [2.75, 3.05) is 0 Å². The molecule has 2 aromatic carbocycles. The lowest BCUT2D eigenvalue weighted by Crippen LogP contribution is -1.93. The molecule has 0 saturated carbocycles. The maximum atomic E-state index is 10.2. The summed E-state index contributed by atoms with van der Waals surface area (Å²) >= 11 is -1.08. The Morgan fingerprint density at radius 3 is 1.05 bits per heavy atom. The van der Waals surface area contributed by atoms with E-state index in [2.05, 4.69) is 0 Å². The van der Waals surface area contributed by atoms with Crippen molar-refractivity contribution in [1.82, 2.24) is 0 Å². The van der Waals surface area contributed by atoms with E-state index in [4.69, 9.17) is 18.6 Å². The van der Waals surface area contributed by atoms with E-state index in [1.54, 1.807) is 60.7 Å². The fourth-order valence-electron chi connectivity index (χ4n) is 1.16. The molecule has 0 aromatic heterocycles. The molecule has 2 aromatic rings. The van der Waals surface area contributed by atoms with Gasteiger partial charge in [0, 0.05) is 0 Å². The minimum Gasteiger partial charge on any atom is -0.478 e. The lowest BCUT2D eigenvalue weighted by Gasteiger charge is -1.88. The maximum absolute atomic E-state index is 10.2. The maximum Gasteiger partial charge on any atom is 0.335 e. The summed E-state index contributed by atoms with van der Waals surface area (Å²) in [7, 11) is 0. The van der Waals surface area contributed by atoms with Gasteiger partial charge in [0.1, 0.15) is 0 Å². The van der Waals surface area contributed by atoms with Crippen LogP contribution in [0.1, 0.15) is 20.7 Å². The number of rotatable bonds is 2. The molecule has 112 valence electrons. The summed E-state index contributed by atoms with van der Waals surface area (Å²) in [5.74, 6) is -1.76. The van der Waals surface area contributed by atoms with Crippen LogP contribution in [-0.2, 0) is 20.0 Å². The first-order chi connectivity index (χ1) is 10.0. The van der Waals surface area contributed by atoms with Crippen molar-refractivity contribution in [2.45, 2.75) is 0 Å². The second-order valence-electron chi connectivity index (χ2n) is 3.42. The van der Waals surface area contributed by atoms with E-state index in [9.17, 15) is 9.59 Å². The number of carboxylic acids is 2. The van der Waals surface area contributed by atoms with E-state index < -0.39 is 23.5 Å². The molecular formula is C14H13O6S-. The standard InChI is InChI=1S/2C7H6O2.HO2S/c2*8-7(9)6-4-2-1-3-5-6;1-3-2/h2*1-5H,(H,8,9);3H/q;;-1. The Kier molecular flexibility index (Phi) is 9.76. The smallest absolute Gasteiger partial charge is 0.335 e. The largest absolute Gasteiger partial charge is 0.478 e. The topological polar surface area (TPSA) is 109 Å². The van der Waals surface area contributed by atoms with Crippen LogP contribution in [0.25, 0.3) is 0 Å². The van der Waals surface area contributed by atoms with Gasteiger partial charge in [-0.1, -0.05) is 48.0 Å². The summed E-state index contributed by atoms with van der Waals surface area (Å²) < 4.78 is 16.7. The summed E-state index contributed by atoms with van der Waals surface area (Å²) in [6.45, 7) is 0. The van der Waals surface area contributed by atoms with Crippen LogP contribution < -0.4 is 0 Å². The highest BCUT2D eigenvalue weighted by Crippen LogP contribution is 1.96. The summed E-state index contributed by atoms with van der Waals surface area (Å²) in [4.78, 5) is 20.4. The van der Waals surface area contributed by atoms with Crippen molar-refractivity contribution in [3.8, 4) is 0 Å². The van der Waals surface area contributed by atoms with Crippen molar-refractivity contribution >= 4 is 23.5 Å². The Balaban J connectivity index is 0.000000322. The molecule has 0 radical (unpaired) electrons. The Morgan fingerprint density at radius 1 is 0.667 bits per heavy atom. The first-order valence-electron chi connectivity index (χ1n) is 5.54. The molecule has 0 aliphatic carbocycles. The van der Waals surface area contributed by atoms with Gasteiger partial charge in [-0.15, -0.1) is 0 Å². The highest BCUT2D eigenvalue weighted by atomic mass is 32.1. The van der Waals surface area contributed by atoms with Gasteiger partial charge in [0.2, 0.25) is 0 Å². The Labute approximate surface area is 124 Å². The van der Waals surface area contributed by atoms with Gasteiger partial charge in [0.15, 0.2) is 0 Å². The molecule has 0 aliphatic heterocycles. The zero-order valence-corrected chi connectivity index (χ0v) is 11.6. The SMILES string of the molecule is O=C(O)c1ccccc1.O=C(O)c1ccccc1.O=[SH-]=O. The van der Waals surface area contributed by atoms with Gasteiger partial charge in [0.05, 0.1) is 11.1 Å². The van der Waals surface area contributed by atoms with Crippen LogP contribution in [0, 0.1) is 0 Å². The predicted molar refractivity (Wildman–Crippen MR) is 76.9 cm³/mol. The van der Waals surface area contributed by atoms with Crippen LogP contribution in [0.3, 0.4) is 0 Å². The zero-order chi connectivity index (χ0) is 16.1. The van der Waals surface area contributed by atoms with E-state index in [0.29, 0.717) is 11.1 Å². The summed E-state index contributed by atoms with van der Waals surface area (Å²) in [5.41, 5.74) is 0.662. The highest BCUT2D eigenvalue weighted by Gasteiger charge is 1.97. The third-order valence-electron chi connectivity index (χ3n) is 2.04. The molecule has 0 spiro atoms. The highest BCUT2D eigenvalue weighted by molar-refractivity contribution is 7.51. The monoisotopic (exact) mass is 309 g/mol. The van der Waals surface area contributed by atoms with E-state index in [-0.39, 0.29) is 0 Å². The van der Waals surface area contributed by atoms with Crippen LogP contribution >= 0.6 is 0 Å². The molecule has 0 amide bonds. The number of carbonyl (C=O) groups is 2. The van der Waals surface area contributed by atoms with Gasteiger partial charge in [-0.05, 0) is 24.3 Å². The number of hydrogen-bond donors (Lipinski definition) is 2. The van der Waals surface area contributed by atoms with Crippen LogP contribution in [-0.4, -0.2) is 22.2 Å². The summed E-state index contributed by atoms with van der Waals surface area (Å²) in [5, 5.41) is 16.8. The van der Waals surface area contributed by atoms with Crippen molar-refractivity contribution in [3.63, 3.8) is 0 Å². The fourth-order valence-corrected chi connectivity index (χ4v) is 1.16. The number of aromatic carboxylic acids is 2. The van der Waals surface area contributed by atoms with Crippen molar-refractivity contribution < 1.29 is 28.2 Å². The molecule has 0 atom stereocenters. The minimum atomic E-state index is -1.08. The second kappa shape index (κ2) is 11.2. The Morgan fingerprint density at radius 2 is 0.905 bits per heavy atom. The number of hydrogen-bond acceptors (Lipinski definition) is 5. The molecule has 0 saturated heterocycles. The van der Waals surface area contributed by atoms with Gasteiger partial charge in [-0.2, -0.15) is 0 Å². The molecule has 2 rings (SSSR count). The minimum absolute atomic E-state index is 0.331. The van der Waals surface area contributed by atoms with Crippen molar-refractivity contribution in [1.29, 1.82) is 0 Å². The van der Waals surface area contributed by atoms with Gasteiger partial charge in [0.25, 0.3) is 0 Å². The number of carboxylic acid groups (broad SMARTS) is 2. The summed E-state index contributed by atoms with van der Waals surface area (Å²) in [6, 6.07) is 16.6. The predicted octanol–water partition coefficient (Wildman–Crippen LogP) is 2.26. The molecule has 7 heteroatoms. The van der Waals surface area contributed by atoms with Crippen LogP contribution in [0.4, 0.5) is 0 Å². The average molecular weight is 309 g/mol. The van der Waals surface area contributed by atoms with E-state index >= 15 is 0 Å². The van der Waals surface area contributed by atoms with Crippen LogP contribution in [0.2, 0.25) is 0 Å². The molecule has 2 N–H and O–H groups in total. The van der Waals surface area contributed by atoms with E-state index in [1.165, 1.54) is 0 Å². The first-order valence-corrected chi connectivity index (χ1v) is 6.27. The van der Waals surface area contributed by atoms with E-state index in [0.717, 1.165) is 0 Å². The lowest BCUT2D eigenvalue weighted by atomic mass is 10.2. The third kappa shape index (κ3) is 8.95. The molecule has 0 aliphatic rings. The first kappa shape index (κ1) is 18.3. The fraction of sp³-hybridized carbons (Fsp3) is 0. The van der Waals surface area contributed by atoms with Crippen molar-refractivity contribution in [3.05, 3.63) is 71.8 Å². The Bertz CT molecular complexity index is 542. The molecule has 6 nitrogen and oxygen atoms in total. The third-order valence-corrected chi connectivity index (χ3v) is 2.04. The molecular weight excluding hydrogens is 296 g/mol. The molecule has 0 bridgehead atoms. The normalized spacial score (nSPS) is 8.38. The Hall–Kier alpha value is -2.67. The average Bonchev–Trinajstić information content (AvgIpc) is 2.50. The second-order valence-corrected chi connectivity index (χ2v) is 3.57. The van der Waals surface area contributed by atoms with Crippen LogP contribution in [0.15, 0.2) is 60.7 Å².